The quantitative estimate of drug-likeness (QED) is 0.628. The molecule has 0 aromatic heterocycles. The standard InChI is InChI=1S/C22H41N4O4/c1-14(2)21(11,16(28)24-18(4,5)6)25-17(29)22(23-15(3)27)12-19(7,8)26(30)20(9,10)13-22/h14H,12-13H2,1-11H3,(H,23,27)(H,24,28)(H,25,29)/t21-/m0/s1. The molecule has 173 valence electrons. The molecule has 3 N–H and O–H groups in total. The van der Waals surface area contributed by atoms with Crippen LogP contribution in [0, 0.1) is 5.92 Å². The Morgan fingerprint density at radius 3 is 1.67 bits per heavy atom. The number of amides is 3. The van der Waals surface area contributed by atoms with Crippen LogP contribution in [0.25, 0.3) is 0 Å². The van der Waals surface area contributed by atoms with Gasteiger partial charge in [0.15, 0.2) is 0 Å². The second-order valence-electron chi connectivity index (χ2n) is 11.6. The van der Waals surface area contributed by atoms with E-state index in [1.807, 2.05) is 34.6 Å². The summed E-state index contributed by atoms with van der Waals surface area (Å²) in [5, 5.41) is 22.5. The maximum Gasteiger partial charge on any atom is 0.246 e. The molecule has 0 aromatic rings. The van der Waals surface area contributed by atoms with Crippen LogP contribution >= 0.6 is 0 Å². The Hall–Kier alpha value is -1.67. The highest BCUT2D eigenvalue weighted by atomic mass is 16.5. The minimum absolute atomic E-state index is 0.132. The van der Waals surface area contributed by atoms with Crippen molar-refractivity contribution >= 4 is 17.7 Å². The first-order valence-corrected chi connectivity index (χ1v) is 10.6. The summed E-state index contributed by atoms with van der Waals surface area (Å²) in [4.78, 5) is 38.9. The van der Waals surface area contributed by atoms with E-state index in [0.717, 1.165) is 5.06 Å². The maximum atomic E-state index is 13.7. The van der Waals surface area contributed by atoms with Crippen molar-refractivity contribution in [1.82, 2.24) is 21.0 Å². The summed E-state index contributed by atoms with van der Waals surface area (Å²) in [6.45, 7) is 19.5. The van der Waals surface area contributed by atoms with Gasteiger partial charge < -0.3 is 16.0 Å². The fourth-order valence-corrected chi connectivity index (χ4v) is 4.43. The molecular formula is C22H41N4O4. The zero-order valence-electron chi connectivity index (χ0n) is 20.6. The molecule has 8 nitrogen and oxygen atoms in total. The zero-order valence-corrected chi connectivity index (χ0v) is 20.6. The van der Waals surface area contributed by atoms with Crippen LogP contribution in [0.3, 0.4) is 0 Å². The van der Waals surface area contributed by atoms with Crippen molar-refractivity contribution in [3.8, 4) is 0 Å². The van der Waals surface area contributed by atoms with E-state index in [1.165, 1.54) is 6.92 Å². The van der Waals surface area contributed by atoms with Crippen LogP contribution in [0.15, 0.2) is 0 Å². The van der Waals surface area contributed by atoms with Crippen molar-refractivity contribution in [2.45, 2.75) is 117 Å². The van der Waals surface area contributed by atoms with E-state index >= 15 is 0 Å². The van der Waals surface area contributed by atoms with E-state index in [1.54, 1.807) is 34.6 Å². The van der Waals surface area contributed by atoms with Gasteiger partial charge in [0.25, 0.3) is 0 Å². The van der Waals surface area contributed by atoms with Gasteiger partial charge in [-0.1, -0.05) is 13.8 Å². The number of piperidine rings is 1. The summed E-state index contributed by atoms with van der Waals surface area (Å²) in [6, 6.07) is 0. The summed E-state index contributed by atoms with van der Waals surface area (Å²) < 4.78 is 0. The van der Waals surface area contributed by atoms with Gasteiger partial charge in [-0.3, -0.25) is 14.4 Å². The van der Waals surface area contributed by atoms with E-state index in [2.05, 4.69) is 16.0 Å². The average Bonchev–Trinajstić information content (AvgIpc) is 2.49. The molecule has 1 fully saturated rings. The molecular weight excluding hydrogens is 384 g/mol. The summed E-state index contributed by atoms with van der Waals surface area (Å²) in [7, 11) is 0. The molecule has 8 heteroatoms. The molecule has 1 rings (SSSR count). The first-order valence-electron chi connectivity index (χ1n) is 10.6. The number of nitrogens with zero attached hydrogens (tertiary/aromatic N) is 1. The smallest absolute Gasteiger partial charge is 0.246 e. The van der Waals surface area contributed by atoms with E-state index in [9.17, 15) is 19.6 Å². The Morgan fingerprint density at radius 1 is 0.900 bits per heavy atom. The van der Waals surface area contributed by atoms with Gasteiger partial charge in [0.2, 0.25) is 17.7 Å². The molecule has 1 saturated heterocycles. The van der Waals surface area contributed by atoms with Crippen molar-refractivity contribution < 1.29 is 19.6 Å². The normalized spacial score (nSPS) is 22.7. The van der Waals surface area contributed by atoms with E-state index < -0.39 is 33.6 Å². The summed E-state index contributed by atoms with van der Waals surface area (Å²) in [5.41, 5.74) is -4.74. The molecule has 0 saturated carbocycles. The molecule has 0 aliphatic carbocycles. The molecule has 1 aliphatic rings. The minimum atomic E-state index is -1.31. The van der Waals surface area contributed by atoms with Crippen molar-refractivity contribution in [3.05, 3.63) is 0 Å². The Balaban J connectivity index is 3.41. The van der Waals surface area contributed by atoms with Gasteiger partial charge in [0.05, 0.1) is 0 Å². The number of carbonyl (C=O) groups is 3. The lowest BCUT2D eigenvalue weighted by molar-refractivity contribution is -0.295. The van der Waals surface area contributed by atoms with Gasteiger partial charge in [-0.05, 0) is 74.1 Å². The van der Waals surface area contributed by atoms with E-state index in [-0.39, 0.29) is 30.6 Å². The van der Waals surface area contributed by atoms with Gasteiger partial charge >= 0.3 is 0 Å². The Labute approximate surface area is 181 Å². The van der Waals surface area contributed by atoms with Gasteiger partial charge in [0, 0.05) is 23.5 Å². The molecule has 1 heterocycles. The second-order valence-corrected chi connectivity index (χ2v) is 11.6. The van der Waals surface area contributed by atoms with Crippen molar-refractivity contribution in [2.24, 2.45) is 5.92 Å². The van der Waals surface area contributed by atoms with Crippen LogP contribution in [-0.4, -0.2) is 50.5 Å². The predicted octanol–water partition coefficient (Wildman–Crippen LogP) is 2.31. The molecule has 1 aliphatic heterocycles. The van der Waals surface area contributed by atoms with Gasteiger partial charge in [0.1, 0.15) is 11.1 Å². The lowest BCUT2D eigenvalue weighted by Gasteiger charge is -2.55. The van der Waals surface area contributed by atoms with Crippen LogP contribution in [0.5, 0.6) is 0 Å². The Bertz CT molecular complexity index is 676. The SMILES string of the molecule is CC(=O)NC1(C(=O)N[C@](C)(C(=O)NC(C)(C)C)C(C)C)CC(C)(C)N([O])C(C)(C)C1. The highest BCUT2D eigenvalue weighted by Crippen LogP contribution is 2.43. The number of hydrogen-bond acceptors (Lipinski definition) is 4. The third-order valence-corrected chi connectivity index (χ3v) is 5.91. The third-order valence-electron chi connectivity index (χ3n) is 5.91. The number of hydroxylamine groups is 2. The lowest BCUT2D eigenvalue weighted by atomic mass is 9.69. The fraction of sp³-hybridized carbons (Fsp3) is 0.864. The van der Waals surface area contributed by atoms with Crippen LogP contribution in [-0.2, 0) is 19.6 Å². The number of carbonyl (C=O) groups excluding carboxylic acids is 3. The Kier molecular flexibility index (Phi) is 7.13. The van der Waals surface area contributed by atoms with E-state index in [4.69, 9.17) is 0 Å². The highest BCUT2D eigenvalue weighted by molar-refractivity contribution is 5.97. The first kappa shape index (κ1) is 26.4. The zero-order chi connectivity index (χ0) is 23.9. The van der Waals surface area contributed by atoms with Crippen molar-refractivity contribution in [2.75, 3.05) is 0 Å². The molecule has 1 radical (unpaired) electrons. The molecule has 1 atom stereocenters. The summed E-state index contributed by atoms with van der Waals surface area (Å²) in [5.74, 6) is -1.32. The third kappa shape index (κ3) is 5.52. The molecule has 0 aromatic carbocycles. The molecule has 0 spiro atoms. The van der Waals surface area contributed by atoms with Crippen LogP contribution in [0.4, 0.5) is 0 Å². The lowest BCUT2D eigenvalue weighted by Crippen LogP contribution is -2.74. The van der Waals surface area contributed by atoms with Gasteiger partial charge in [-0.25, -0.2) is 0 Å². The van der Waals surface area contributed by atoms with Crippen molar-refractivity contribution in [1.29, 1.82) is 0 Å². The maximum absolute atomic E-state index is 13.7. The molecule has 30 heavy (non-hydrogen) atoms. The number of hydrogen-bond donors (Lipinski definition) is 3. The fourth-order valence-electron chi connectivity index (χ4n) is 4.43. The summed E-state index contributed by atoms with van der Waals surface area (Å²) >= 11 is 0. The first-order chi connectivity index (χ1) is 13.2. The molecule has 3 amide bonds. The van der Waals surface area contributed by atoms with Gasteiger partial charge in [-0.2, -0.15) is 0 Å². The Morgan fingerprint density at radius 2 is 1.33 bits per heavy atom. The van der Waals surface area contributed by atoms with Crippen molar-refractivity contribution in [3.63, 3.8) is 0 Å². The molecule has 0 bridgehead atoms. The monoisotopic (exact) mass is 425 g/mol. The van der Waals surface area contributed by atoms with Crippen LogP contribution < -0.4 is 16.0 Å². The second kappa shape index (κ2) is 8.11. The molecule has 0 unspecified atom stereocenters. The average molecular weight is 426 g/mol. The van der Waals surface area contributed by atoms with Gasteiger partial charge in [-0.15, -0.1) is 10.3 Å². The van der Waals surface area contributed by atoms with Crippen LogP contribution in [0.1, 0.15) is 89.0 Å². The van der Waals surface area contributed by atoms with Crippen LogP contribution in [0.2, 0.25) is 0 Å². The minimum Gasteiger partial charge on any atom is -0.349 e. The highest BCUT2D eigenvalue weighted by Gasteiger charge is 2.58. The summed E-state index contributed by atoms with van der Waals surface area (Å²) in [6.07, 6.45) is 0.265. The number of rotatable bonds is 5. The number of nitrogens with one attached hydrogen (secondary N) is 3. The van der Waals surface area contributed by atoms with E-state index in [0.29, 0.717) is 0 Å². The largest absolute Gasteiger partial charge is 0.349 e. The predicted molar refractivity (Wildman–Crippen MR) is 116 cm³/mol. The topological polar surface area (TPSA) is 110 Å².